The van der Waals surface area contributed by atoms with E-state index in [9.17, 15) is 26.8 Å². The quantitative estimate of drug-likeness (QED) is 0.308. The highest BCUT2D eigenvalue weighted by Crippen LogP contribution is 2.33. The lowest BCUT2D eigenvalue weighted by Crippen LogP contribution is -2.42. The molecule has 1 amide bonds. The Bertz CT molecular complexity index is 1510. The molecule has 222 valence electrons. The van der Waals surface area contributed by atoms with Crippen LogP contribution in [0.3, 0.4) is 0 Å². The maximum Gasteiger partial charge on any atom is 0.355 e. The number of anilines is 2. The van der Waals surface area contributed by atoms with Gasteiger partial charge in [-0.05, 0) is 50.8 Å². The summed E-state index contributed by atoms with van der Waals surface area (Å²) in [5, 5.41) is 5.68. The van der Waals surface area contributed by atoms with Gasteiger partial charge in [-0.25, -0.2) is 17.8 Å². The highest BCUT2D eigenvalue weighted by Gasteiger charge is 2.25. The van der Waals surface area contributed by atoms with Crippen LogP contribution in [-0.2, 0) is 19.6 Å². The van der Waals surface area contributed by atoms with Gasteiger partial charge in [0.1, 0.15) is 11.7 Å². The van der Waals surface area contributed by atoms with Crippen molar-refractivity contribution in [3.8, 4) is 5.69 Å². The fraction of sp³-hybridized carbons (Fsp3) is 0.435. The summed E-state index contributed by atoms with van der Waals surface area (Å²) in [6.45, 7) is 4.63. The van der Waals surface area contributed by atoms with E-state index in [-0.39, 0.29) is 49.6 Å². The molecule has 2 heterocycles. The highest BCUT2D eigenvalue weighted by molar-refractivity contribution is 7.92. The first-order valence-corrected chi connectivity index (χ1v) is 15.4. The van der Waals surface area contributed by atoms with Crippen LogP contribution in [-0.4, -0.2) is 60.6 Å². The first-order valence-electron chi connectivity index (χ1n) is 11.4. The van der Waals surface area contributed by atoms with Gasteiger partial charge in [-0.3, -0.25) is 9.52 Å². The smallest absolute Gasteiger partial charge is 0.355 e. The van der Waals surface area contributed by atoms with Crippen LogP contribution >= 0.6 is 46.1 Å². The third-order valence-corrected chi connectivity index (χ3v) is 7.78. The van der Waals surface area contributed by atoms with Crippen molar-refractivity contribution in [2.45, 2.75) is 40.3 Å². The minimum atomic E-state index is -3.65. The summed E-state index contributed by atoms with van der Waals surface area (Å²) in [5.41, 5.74) is 0.811. The van der Waals surface area contributed by atoms with Gasteiger partial charge in [0.25, 0.3) is 0 Å². The van der Waals surface area contributed by atoms with E-state index in [2.05, 4.69) is 15.2 Å². The molecule has 0 aliphatic rings. The third-order valence-electron chi connectivity index (χ3n) is 5.33. The number of amides is 1. The molecule has 0 bridgehead atoms. The number of carbonyl (C=O) groups excluding carboxylic acids is 1. The molecule has 0 spiro atoms. The number of halogens is 5. The molecule has 3 aromatic rings. The Kier molecular flexibility index (Phi) is 12.0. The number of methoxy groups -OCH3 is 1. The number of hydrogen-bond acceptors (Lipinski definition) is 7. The molecule has 0 aliphatic heterocycles. The molecular formula is C23H28Cl3F2N5O5S2. The summed E-state index contributed by atoms with van der Waals surface area (Å²) in [5.74, 6) is -0.322. The van der Waals surface area contributed by atoms with Crippen LogP contribution in [0.1, 0.15) is 29.7 Å². The van der Waals surface area contributed by atoms with Crippen LogP contribution in [0.2, 0.25) is 10.0 Å². The first kappa shape index (κ1) is 34.0. The van der Waals surface area contributed by atoms with Crippen LogP contribution in [0, 0.1) is 20.8 Å². The monoisotopic (exact) mass is 661 g/mol. The van der Waals surface area contributed by atoms with Crippen LogP contribution in [0.5, 0.6) is 0 Å². The molecule has 1 unspecified atom stereocenters. The lowest BCUT2D eigenvalue weighted by atomic mass is 10.2. The maximum atomic E-state index is 12.8. The zero-order chi connectivity index (χ0) is 30.5. The van der Waals surface area contributed by atoms with Gasteiger partial charge in [-0.2, -0.15) is 13.5 Å². The summed E-state index contributed by atoms with van der Waals surface area (Å²) in [6, 6.07) is 2.29. The fourth-order valence-electron chi connectivity index (χ4n) is 3.73. The number of aryl methyl sites for hydroxylation is 3. The number of hydrogen-bond donors (Lipinski definition) is 1. The van der Waals surface area contributed by atoms with Gasteiger partial charge in [-0.1, -0.05) is 23.2 Å². The second kappa shape index (κ2) is 14.1. The fourth-order valence-corrected chi connectivity index (χ4v) is 5.83. The Hall–Kier alpha value is -2.23. The van der Waals surface area contributed by atoms with E-state index >= 15 is 0 Å². The van der Waals surface area contributed by atoms with E-state index in [4.69, 9.17) is 39.5 Å². The first-order chi connectivity index (χ1) is 18.5. The van der Waals surface area contributed by atoms with Crippen molar-refractivity contribution in [2.75, 3.05) is 35.5 Å². The van der Waals surface area contributed by atoms with Crippen LogP contribution in [0.4, 0.5) is 20.2 Å². The molecule has 17 heteroatoms. The minimum absolute atomic E-state index is 0.0111. The normalized spacial score (nSPS) is 12.2. The van der Waals surface area contributed by atoms with E-state index in [1.165, 1.54) is 13.0 Å². The SMILES string of the molecule is COCC(C)N(C(=O)CCl)c1c(C)csc1C.Cc1nn(-c2cc(NS(C)(=O)=O)c(Cl)cc2Cl)c(=O)n1C(F)F. The van der Waals surface area contributed by atoms with Crippen LogP contribution in [0.15, 0.2) is 22.3 Å². The lowest BCUT2D eigenvalue weighted by Gasteiger charge is -2.29. The van der Waals surface area contributed by atoms with Crippen molar-refractivity contribution in [1.82, 2.24) is 14.3 Å². The standard InChI is InChI=1S/C12H18ClNO2S.C11H10Cl2F2N4O3S/c1-8-7-17-10(3)12(8)14(11(15)5-13)9(2)6-16-4;1-5-16-19(11(20)18(5)10(14)15)9-4-8(17-23(2,21)22)6(12)3-7(9)13/h7,9H,5-6H2,1-4H3;3-4,10,17H,1-2H3. The molecular weight excluding hydrogens is 635 g/mol. The number of thiophene rings is 1. The van der Waals surface area contributed by atoms with Crippen LogP contribution < -0.4 is 15.3 Å². The Morgan fingerprint density at radius 2 is 1.85 bits per heavy atom. The second-order valence-corrected chi connectivity index (χ2v) is 12.5. The summed E-state index contributed by atoms with van der Waals surface area (Å²) in [7, 11) is -2.02. The van der Waals surface area contributed by atoms with Crippen molar-refractivity contribution in [2.24, 2.45) is 0 Å². The van der Waals surface area contributed by atoms with Crippen molar-refractivity contribution < 1.29 is 26.7 Å². The molecule has 0 radical (unpaired) electrons. The van der Waals surface area contributed by atoms with E-state index < -0.39 is 22.3 Å². The van der Waals surface area contributed by atoms with Crippen molar-refractivity contribution in [3.63, 3.8) is 0 Å². The molecule has 0 saturated carbocycles. The number of sulfonamides is 1. The van der Waals surface area contributed by atoms with Gasteiger partial charge in [-0.15, -0.1) is 28.0 Å². The number of rotatable bonds is 9. The second-order valence-electron chi connectivity index (χ2n) is 8.57. The maximum absolute atomic E-state index is 12.8. The molecule has 1 aromatic carbocycles. The zero-order valence-corrected chi connectivity index (χ0v) is 26.2. The Labute approximate surface area is 249 Å². The average molecular weight is 663 g/mol. The lowest BCUT2D eigenvalue weighted by molar-refractivity contribution is -0.116. The van der Waals surface area contributed by atoms with E-state index in [1.54, 1.807) is 23.3 Å². The van der Waals surface area contributed by atoms with Crippen LogP contribution in [0.25, 0.3) is 5.69 Å². The van der Waals surface area contributed by atoms with Crippen molar-refractivity contribution in [1.29, 1.82) is 0 Å². The molecule has 0 fully saturated rings. The number of ether oxygens (including phenoxy) is 1. The van der Waals surface area contributed by atoms with E-state index in [0.29, 0.717) is 11.3 Å². The number of aromatic nitrogens is 3. The minimum Gasteiger partial charge on any atom is -0.383 e. The molecule has 0 saturated heterocycles. The molecule has 40 heavy (non-hydrogen) atoms. The predicted molar refractivity (Wildman–Crippen MR) is 156 cm³/mol. The molecule has 1 N–H and O–H groups in total. The predicted octanol–water partition coefficient (Wildman–Crippen LogP) is 5.39. The van der Waals surface area contributed by atoms with E-state index in [0.717, 1.165) is 28.5 Å². The van der Waals surface area contributed by atoms with E-state index in [1.807, 2.05) is 20.8 Å². The topological polar surface area (TPSA) is 116 Å². The Balaban J connectivity index is 0.000000294. The molecule has 0 aliphatic carbocycles. The Morgan fingerprint density at radius 3 is 2.30 bits per heavy atom. The number of nitrogens with zero attached hydrogens (tertiary/aromatic N) is 4. The van der Waals surface area contributed by atoms with Gasteiger partial charge in [0.2, 0.25) is 15.9 Å². The number of alkyl halides is 3. The summed E-state index contributed by atoms with van der Waals surface area (Å²) in [4.78, 5) is 26.9. The largest absolute Gasteiger partial charge is 0.383 e. The van der Waals surface area contributed by atoms with Gasteiger partial charge in [0, 0.05) is 12.0 Å². The number of nitrogens with one attached hydrogen (secondary N) is 1. The molecule has 1 atom stereocenters. The van der Waals surface area contributed by atoms with Gasteiger partial charge < -0.3 is 9.64 Å². The van der Waals surface area contributed by atoms with Gasteiger partial charge in [0.05, 0.1) is 46.0 Å². The average Bonchev–Trinajstić information content (AvgIpc) is 3.33. The summed E-state index contributed by atoms with van der Waals surface area (Å²) >= 11 is 19.2. The number of carbonyl (C=O) groups is 1. The van der Waals surface area contributed by atoms with Crippen molar-refractivity contribution in [3.05, 3.63) is 54.3 Å². The third kappa shape index (κ3) is 8.17. The highest BCUT2D eigenvalue weighted by atomic mass is 35.5. The van der Waals surface area contributed by atoms with Gasteiger partial charge >= 0.3 is 12.2 Å². The van der Waals surface area contributed by atoms with Gasteiger partial charge in [0.15, 0.2) is 0 Å². The molecule has 10 nitrogen and oxygen atoms in total. The zero-order valence-electron chi connectivity index (χ0n) is 22.3. The Morgan fingerprint density at radius 1 is 1.23 bits per heavy atom. The summed E-state index contributed by atoms with van der Waals surface area (Å²) < 4.78 is 56.4. The summed E-state index contributed by atoms with van der Waals surface area (Å²) in [6.07, 6.45) is 0.902. The molecule has 3 rings (SSSR count). The van der Waals surface area contributed by atoms with Crippen molar-refractivity contribution >= 4 is 73.4 Å². The number of benzene rings is 1. The molecule has 2 aromatic heterocycles.